The Bertz CT molecular complexity index is 313. The maximum atomic E-state index is 11.3. The van der Waals surface area contributed by atoms with Crippen LogP contribution in [-0.4, -0.2) is 45.4 Å². The second kappa shape index (κ2) is 7.65. The largest absolute Gasteiger partial charge is 0.481 e. The van der Waals surface area contributed by atoms with Gasteiger partial charge in [-0.25, -0.2) is 4.79 Å². The maximum absolute atomic E-state index is 11.3. The van der Waals surface area contributed by atoms with Gasteiger partial charge in [-0.05, 0) is 6.42 Å². The average molecular weight is 262 g/mol. The van der Waals surface area contributed by atoms with Crippen LogP contribution >= 0.6 is 0 Å². The van der Waals surface area contributed by atoms with E-state index in [4.69, 9.17) is 14.9 Å². The van der Waals surface area contributed by atoms with Crippen molar-refractivity contribution in [2.75, 3.05) is 6.61 Å². The van der Waals surface area contributed by atoms with Gasteiger partial charge >= 0.3 is 17.9 Å². The molecule has 0 aliphatic heterocycles. The molecule has 0 aliphatic rings. The lowest BCUT2D eigenvalue weighted by atomic mass is 9.96. The second-order valence-electron chi connectivity index (χ2n) is 4.01. The van der Waals surface area contributed by atoms with Crippen molar-refractivity contribution in [1.82, 2.24) is 0 Å². The second-order valence-corrected chi connectivity index (χ2v) is 4.01. The number of unbranched alkanes of at least 4 members (excludes halogenated alkanes) is 2. The molecule has 1 atom stereocenters. The van der Waals surface area contributed by atoms with Crippen LogP contribution in [0, 0.1) is 0 Å². The van der Waals surface area contributed by atoms with E-state index < -0.39 is 36.4 Å². The number of aliphatic hydroxyl groups is 1. The molecule has 0 saturated carbocycles. The van der Waals surface area contributed by atoms with E-state index in [0.29, 0.717) is 6.42 Å². The van der Waals surface area contributed by atoms with E-state index in [1.165, 1.54) is 0 Å². The number of esters is 1. The van der Waals surface area contributed by atoms with Gasteiger partial charge < -0.3 is 20.1 Å². The SMILES string of the molecule is CCCCCOC(=O)CC(O)(CC(=O)O)C(=O)O. The molecule has 0 fully saturated rings. The predicted molar refractivity (Wildman–Crippen MR) is 59.9 cm³/mol. The summed E-state index contributed by atoms with van der Waals surface area (Å²) >= 11 is 0. The minimum absolute atomic E-state index is 0.134. The number of carbonyl (C=O) groups is 3. The first-order chi connectivity index (χ1) is 8.31. The summed E-state index contributed by atoms with van der Waals surface area (Å²) in [5.41, 5.74) is -2.62. The van der Waals surface area contributed by atoms with Crippen LogP contribution in [-0.2, 0) is 19.1 Å². The Labute approximate surface area is 104 Å². The Morgan fingerprint density at radius 1 is 1.11 bits per heavy atom. The van der Waals surface area contributed by atoms with Gasteiger partial charge in [0, 0.05) is 0 Å². The molecule has 0 radical (unpaired) electrons. The summed E-state index contributed by atoms with van der Waals surface area (Å²) in [6.07, 6.45) is 0.529. The molecule has 3 N–H and O–H groups in total. The fraction of sp³-hybridized carbons (Fsp3) is 0.727. The van der Waals surface area contributed by atoms with Gasteiger partial charge in [0.25, 0.3) is 0 Å². The van der Waals surface area contributed by atoms with Crippen LogP contribution in [0.15, 0.2) is 0 Å². The van der Waals surface area contributed by atoms with E-state index in [9.17, 15) is 19.5 Å². The van der Waals surface area contributed by atoms with Gasteiger partial charge in [-0.2, -0.15) is 0 Å². The quantitative estimate of drug-likeness (QED) is 0.406. The molecule has 0 aliphatic carbocycles. The zero-order valence-corrected chi connectivity index (χ0v) is 10.2. The lowest BCUT2D eigenvalue weighted by Gasteiger charge is -2.20. The first kappa shape index (κ1) is 16.4. The van der Waals surface area contributed by atoms with Crippen molar-refractivity contribution in [3.05, 3.63) is 0 Å². The van der Waals surface area contributed by atoms with E-state index in [2.05, 4.69) is 0 Å². The van der Waals surface area contributed by atoms with Gasteiger partial charge in [-0.1, -0.05) is 19.8 Å². The third-order valence-corrected chi connectivity index (χ3v) is 2.29. The molecular formula is C11H18O7. The monoisotopic (exact) mass is 262 g/mol. The van der Waals surface area contributed by atoms with Crippen molar-refractivity contribution in [2.24, 2.45) is 0 Å². The van der Waals surface area contributed by atoms with Crippen molar-refractivity contribution in [1.29, 1.82) is 0 Å². The fourth-order valence-corrected chi connectivity index (χ4v) is 1.29. The van der Waals surface area contributed by atoms with E-state index in [1.54, 1.807) is 0 Å². The molecule has 7 nitrogen and oxygen atoms in total. The standard InChI is InChI=1S/C11H18O7/c1-2-3-4-5-18-9(14)7-11(17,10(15)16)6-8(12)13/h17H,2-7H2,1H3,(H,12,13)(H,15,16). The number of carboxylic acid groups (broad SMARTS) is 2. The first-order valence-electron chi connectivity index (χ1n) is 5.65. The highest BCUT2D eigenvalue weighted by molar-refractivity contribution is 5.88. The molecule has 104 valence electrons. The van der Waals surface area contributed by atoms with E-state index in [-0.39, 0.29) is 6.61 Å². The Morgan fingerprint density at radius 2 is 1.72 bits per heavy atom. The molecule has 7 heteroatoms. The average Bonchev–Trinajstić information content (AvgIpc) is 2.23. The van der Waals surface area contributed by atoms with Crippen LogP contribution in [0.1, 0.15) is 39.0 Å². The summed E-state index contributed by atoms with van der Waals surface area (Å²) in [6.45, 7) is 2.10. The number of hydrogen-bond donors (Lipinski definition) is 3. The molecule has 0 rings (SSSR count). The van der Waals surface area contributed by atoms with Crippen LogP contribution in [0.5, 0.6) is 0 Å². The summed E-state index contributed by atoms with van der Waals surface area (Å²) < 4.78 is 4.72. The van der Waals surface area contributed by atoms with Crippen molar-refractivity contribution in [3.63, 3.8) is 0 Å². The van der Waals surface area contributed by atoms with Gasteiger partial charge in [0.05, 0.1) is 19.4 Å². The minimum Gasteiger partial charge on any atom is -0.481 e. The van der Waals surface area contributed by atoms with E-state index in [1.807, 2.05) is 6.92 Å². The van der Waals surface area contributed by atoms with Crippen LogP contribution in [0.25, 0.3) is 0 Å². The lowest BCUT2D eigenvalue weighted by molar-refractivity contribution is -0.172. The van der Waals surface area contributed by atoms with Crippen molar-refractivity contribution in [3.8, 4) is 0 Å². The molecular weight excluding hydrogens is 244 g/mol. The van der Waals surface area contributed by atoms with Gasteiger partial charge in [-0.15, -0.1) is 0 Å². The molecule has 1 unspecified atom stereocenters. The van der Waals surface area contributed by atoms with Crippen LogP contribution in [0.4, 0.5) is 0 Å². The number of carboxylic acids is 2. The number of rotatable bonds is 9. The zero-order valence-electron chi connectivity index (χ0n) is 10.2. The molecule has 0 bridgehead atoms. The van der Waals surface area contributed by atoms with Gasteiger partial charge in [0.15, 0.2) is 5.60 Å². The van der Waals surface area contributed by atoms with Crippen molar-refractivity contribution < 1.29 is 34.4 Å². The highest BCUT2D eigenvalue weighted by Gasteiger charge is 2.41. The maximum Gasteiger partial charge on any atom is 0.336 e. The highest BCUT2D eigenvalue weighted by atomic mass is 16.5. The number of carbonyl (C=O) groups excluding carboxylic acids is 1. The van der Waals surface area contributed by atoms with Crippen molar-refractivity contribution in [2.45, 2.75) is 44.6 Å². The summed E-state index contributed by atoms with van der Waals surface area (Å²) in [7, 11) is 0. The molecule has 0 heterocycles. The van der Waals surface area contributed by atoms with E-state index >= 15 is 0 Å². The summed E-state index contributed by atoms with van der Waals surface area (Å²) in [6, 6.07) is 0. The Morgan fingerprint density at radius 3 is 2.17 bits per heavy atom. The van der Waals surface area contributed by atoms with Crippen LogP contribution in [0.3, 0.4) is 0 Å². The normalized spacial score (nSPS) is 13.7. The zero-order chi connectivity index (χ0) is 14.2. The molecule has 0 saturated heterocycles. The molecule has 18 heavy (non-hydrogen) atoms. The molecule has 0 aromatic heterocycles. The summed E-state index contributed by atoms with van der Waals surface area (Å²) in [5, 5.41) is 26.8. The summed E-state index contributed by atoms with van der Waals surface area (Å²) in [5.74, 6) is -4.17. The number of hydrogen-bond acceptors (Lipinski definition) is 5. The molecule has 0 spiro atoms. The minimum atomic E-state index is -2.62. The third kappa shape index (κ3) is 6.19. The Hall–Kier alpha value is -1.63. The first-order valence-corrected chi connectivity index (χ1v) is 5.65. The number of ether oxygens (including phenoxy) is 1. The summed E-state index contributed by atoms with van der Waals surface area (Å²) in [4.78, 5) is 32.4. The molecule has 0 amide bonds. The van der Waals surface area contributed by atoms with Gasteiger partial charge in [-0.3, -0.25) is 9.59 Å². The highest BCUT2D eigenvalue weighted by Crippen LogP contribution is 2.17. The molecule has 0 aromatic rings. The van der Waals surface area contributed by atoms with E-state index in [0.717, 1.165) is 12.8 Å². The lowest BCUT2D eigenvalue weighted by Crippen LogP contribution is -2.43. The third-order valence-electron chi connectivity index (χ3n) is 2.29. The van der Waals surface area contributed by atoms with Gasteiger partial charge in [0.2, 0.25) is 0 Å². The Kier molecular flexibility index (Phi) is 6.96. The van der Waals surface area contributed by atoms with Crippen LogP contribution in [0.2, 0.25) is 0 Å². The Balaban J connectivity index is 4.28. The van der Waals surface area contributed by atoms with Gasteiger partial charge in [0.1, 0.15) is 0 Å². The predicted octanol–water partition coefficient (Wildman–Crippen LogP) is 0.400. The molecule has 0 aromatic carbocycles. The number of aliphatic carboxylic acids is 2. The topological polar surface area (TPSA) is 121 Å². The fourth-order valence-electron chi connectivity index (χ4n) is 1.29. The smallest absolute Gasteiger partial charge is 0.336 e. The van der Waals surface area contributed by atoms with Crippen molar-refractivity contribution >= 4 is 17.9 Å². The van der Waals surface area contributed by atoms with Crippen LogP contribution < -0.4 is 0 Å².